The van der Waals surface area contributed by atoms with Crippen molar-refractivity contribution >= 4 is 29.2 Å². The second-order valence-electron chi connectivity index (χ2n) is 7.54. The van der Waals surface area contributed by atoms with E-state index in [1.54, 1.807) is 50.4 Å². The summed E-state index contributed by atoms with van der Waals surface area (Å²) in [6.07, 6.45) is 1.27. The Morgan fingerprint density at radius 2 is 1.94 bits per heavy atom. The molecule has 1 atom stereocenters. The lowest BCUT2D eigenvalue weighted by atomic mass is 10.1. The Hall–Kier alpha value is -4.14. The highest BCUT2D eigenvalue weighted by Crippen LogP contribution is 2.30. The Balaban J connectivity index is 1.37. The van der Waals surface area contributed by atoms with Gasteiger partial charge in [0.2, 0.25) is 5.91 Å². The number of anilines is 2. The molecule has 0 saturated heterocycles. The highest BCUT2D eigenvalue weighted by molar-refractivity contribution is 6.01. The lowest BCUT2D eigenvalue weighted by molar-refractivity contribution is -0.115. The number of rotatable bonds is 5. The molecule has 1 aliphatic heterocycles. The van der Waals surface area contributed by atoms with Crippen LogP contribution in [0.2, 0.25) is 0 Å². The van der Waals surface area contributed by atoms with Crippen LogP contribution >= 0.6 is 0 Å². The maximum atomic E-state index is 12.4. The Labute approximate surface area is 184 Å². The molecule has 3 N–H and O–H groups in total. The first kappa shape index (κ1) is 21.1. The minimum atomic E-state index is -0.379. The number of pyridine rings is 1. The number of nitrogens with zero attached hydrogens (tertiary/aromatic N) is 2. The van der Waals surface area contributed by atoms with Gasteiger partial charge in [-0.15, -0.1) is 0 Å². The topological polar surface area (TPSA) is 117 Å². The van der Waals surface area contributed by atoms with Gasteiger partial charge in [0, 0.05) is 18.9 Å². The fourth-order valence-electron chi connectivity index (χ4n) is 3.65. The van der Waals surface area contributed by atoms with Crippen LogP contribution in [-0.2, 0) is 4.79 Å². The van der Waals surface area contributed by atoms with E-state index in [1.807, 2.05) is 24.1 Å². The molecule has 4 rings (SSSR count). The number of amides is 3. The van der Waals surface area contributed by atoms with E-state index >= 15 is 0 Å². The van der Waals surface area contributed by atoms with Crippen LogP contribution < -0.4 is 20.9 Å². The Morgan fingerprint density at radius 3 is 2.62 bits per heavy atom. The van der Waals surface area contributed by atoms with E-state index in [-0.39, 0.29) is 30.4 Å². The van der Waals surface area contributed by atoms with Crippen LogP contribution in [0.5, 0.6) is 0 Å². The summed E-state index contributed by atoms with van der Waals surface area (Å²) in [4.78, 5) is 43.0. The fourth-order valence-corrected chi connectivity index (χ4v) is 3.65. The lowest BCUT2D eigenvalue weighted by Gasteiger charge is -2.35. The van der Waals surface area contributed by atoms with Crippen molar-refractivity contribution in [2.45, 2.75) is 20.0 Å². The molecule has 0 spiro atoms. The van der Waals surface area contributed by atoms with E-state index in [1.165, 1.54) is 0 Å². The molecule has 1 aromatic carbocycles. The second-order valence-corrected chi connectivity index (χ2v) is 7.54. The molecule has 0 radical (unpaired) electrons. The molecule has 0 aliphatic carbocycles. The predicted octanol–water partition coefficient (Wildman–Crippen LogP) is 2.54. The van der Waals surface area contributed by atoms with Crippen molar-refractivity contribution in [3.05, 3.63) is 76.9 Å². The van der Waals surface area contributed by atoms with E-state index in [0.29, 0.717) is 34.2 Å². The third-order valence-electron chi connectivity index (χ3n) is 5.23. The fraction of sp³-hybridized carbons (Fsp3) is 0.217. The van der Waals surface area contributed by atoms with E-state index in [9.17, 15) is 14.4 Å². The third kappa shape index (κ3) is 4.18. The molecule has 164 valence electrons. The number of fused-ring (bicyclic) bond motifs is 1. The average molecular weight is 433 g/mol. The van der Waals surface area contributed by atoms with Gasteiger partial charge in [-0.05, 0) is 49.7 Å². The van der Waals surface area contributed by atoms with Gasteiger partial charge >= 0.3 is 0 Å². The molecule has 32 heavy (non-hydrogen) atoms. The summed E-state index contributed by atoms with van der Waals surface area (Å²) in [5.41, 5.74) is 2.35. The first-order chi connectivity index (χ1) is 15.3. The molecule has 9 heteroatoms. The molecule has 9 nitrogen and oxygen atoms in total. The standard InChI is InChI=1S/C23H23N5O4/c1-13-11-18(14(2)32-13)22(30)25-12-19(29)26-16-8-6-15(7-9-16)20-27-23(31)17-5-4-10-24-21(17)28(20)3/h4-11,20H,12H2,1-3H3,(H,25,30)(H,26,29)(H,27,31). The van der Waals surface area contributed by atoms with Gasteiger partial charge in [0.15, 0.2) is 0 Å². The largest absolute Gasteiger partial charge is 0.466 e. The number of aryl methyl sites for hydroxylation is 2. The number of hydrogen-bond donors (Lipinski definition) is 3. The van der Waals surface area contributed by atoms with Gasteiger partial charge in [0.1, 0.15) is 23.5 Å². The van der Waals surface area contributed by atoms with Gasteiger partial charge < -0.3 is 25.3 Å². The zero-order valence-corrected chi connectivity index (χ0v) is 17.9. The van der Waals surface area contributed by atoms with Crippen molar-refractivity contribution in [2.24, 2.45) is 0 Å². The number of nitrogens with one attached hydrogen (secondary N) is 3. The van der Waals surface area contributed by atoms with Crippen molar-refractivity contribution < 1.29 is 18.8 Å². The first-order valence-corrected chi connectivity index (χ1v) is 10.1. The first-order valence-electron chi connectivity index (χ1n) is 10.1. The Kier molecular flexibility index (Phi) is 5.63. The summed E-state index contributed by atoms with van der Waals surface area (Å²) in [5.74, 6) is 0.842. The van der Waals surface area contributed by atoms with Crippen molar-refractivity contribution in [1.82, 2.24) is 15.6 Å². The Bertz CT molecular complexity index is 1190. The van der Waals surface area contributed by atoms with Gasteiger partial charge in [-0.25, -0.2) is 4.98 Å². The van der Waals surface area contributed by atoms with Crippen LogP contribution in [0.25, 0.3) is 0 Å². The van der Waals surface area contributed by atoms with Crippen molar-refractivity contribution in [1.29, 1.82) is 0 Å². The molecule has 3 aromatic rings. The third-order valence-corrected chi connectivity index (χ3v) is 5.23. The average Bonchev–Trinajstić information content (AvgIpc) is 3.13. The maximum Gasteiger partial charge on any atom is 0.256 e. The smallest absolute Gasteiger partial charge is 0.256 e. The second kappa shape index (κ2) is 8.54. The minimum Gasteiger partial charge on any atom is -0.466 e. The SMILES string of the molecule is Cc1cc(C(=O)NCC(=O)Nc2ccc(C3NC(=O)c4cccnc4N3C)cc2)c(C)o1. The van der Waals surface area contributed by atoms with Crippen molar-refractivity contribution in [2.75, 3.05) is 23.8 Å². The molecule has 3 amide bonds. The van der Waals surface area contributed by atoms with E-state index < -0.39 is 0 Å². The molecule has 2 aromatic heterocycles. The number of aromatic nitrogens is 1. The molecule has 0 saturated carbocycles. The molecule has 3 heterocycles. The zero-order chi connectivity index (χ0) is 22.8. The molecule has 1 unspecified atom stereocenters. The molecule has 0 bridgehead atoms. The molecule has 0 fully saturated rings. The maximum absolute atomic E-state index is 12.4. The number of hydrogen-bond acceptors (Lipinski definition) is 6. The van der Waals surface area contributed by atoms with Crippen LogP contribution in [-0.4, -0.2) is 36.3 Å². The molecule has 1 aliphatic rings. The summed E-state index contributed by atoms with van der Waals surface area (Å²) in [6, 6.07) is 12.2. The monoisotopic (exact) mass is 433 g/mol. The number of benzene rings is 1. The number of furan rings is 1. The van der Waals surface area contributed by atoms with Gasteiger partial charge in [-0.1, -0.05) is 12.1 Å². The van der Waals surface area contributed by atoms with Crippen molar-refractivity contribution in [3.8, 4) is 0 Å². The molecular formula is C23H23N5O4. The molecular weight excluding hydrogens is 410 g/mol. The van der Waals surface area contributed by atoms with Crippen LogP contribution in [0.1, 0.15) is 44.0 Å². The summed E-state index contributed by atoms with van der Waals surface area (Å²) < 4.78 is 5.34. The van der Waals surface area contributed by atoms with Crippen LogP contribution in [0.4, 0.5) is 11.5 Å². The highest BCUT2D eigenvalue weighted by atomic mass is 16.3. The van der Waals surface area contributed by atoms with E-state index in [0.717, 1.165) is 5.56 Å². The van der Waals surface area contributed by atoms with Gasteiger partial charge in [0.25, 0.3) is 11.8 Å². The van der Waals surface area contributed by atoms with Gasteiger partial charge in [-0.2, -0.15) is 0 Å². The Morgan fingerprint density at radius 1 is 1.19 bits per heavy atom. The normalized spacial score (nSPS) is 15.0. The van der Waals surface area contributed by atoms with Crippen LogP contribution in [0.15, 0.2) is 53.1 Å². The highest BCUT2D eigenvalue weighted by Gasteiger charge is 2.30. The van der Waals surface area contributed by atoms with Crippen LogP contribution in [0, 0.1) is 13.8 Å². The predicted molar refractivity (Wildman–Crippen MR) is 118 cm³/mol. The van der Waals surface area contributed by atoms with Crippen molar-refractivity contribution in [3.63, 3.8) is 0 Å². The van der Waals surface area contributed by atoms with Gasteiger partial charge in [-0.3, -0.25) is 14.4 Å². The number of carbonyl (C=O) groups excluding carboxylic acids is 3. The van der Waals surface area contributed by atoms with E-state index in [2.05, 4.69) is 20.9 Å². The summed E-state index contributed by atoms with van der Waals surface area (Å²) in [7, 11) is 1.86. The zero-order valence-electron chi connectivity index (χ0n) is 17.9. The minimum absolute atomic E-state index is 0.172. The quantitative estimate of drug-likeness (QED) is 0.569. The summed E-state index contributed by atoms with van der Waals surface area (Å²) in [5, 5.41) is 8.29. The van der Waals surface area contributed by atoms with Gasteiger partial charge in [0.05, 0.1) is 17.7 Å². The lowest BCUT2D eigenvalue weighted by Crippen LogP contribution is -2.45. The van der Waals surface area contributed by atoms with E-state index in [4.69, 9.17) is 4.42 Å². The summed E-state index contributed by atoms with van der Waals surface area (Å²) >= 11 is 0. The number of carbonyl (C=O) groups is 3. The van der Waals surface area contributed by atoms with Crippen LogP contribution in [0.3, 0.4) is 0 Å². The summed E-state index contributed by atoms with van der Waals surface area (Å²) in [6.45, 7) is 3.28.